The Morgan fingerprint density at radius 1 is 1.03 bits per heavy atom. The summed E-state index contributed by atoms with van der Waals surface area (Å²) in [4.78, 5) is 21.6. The Kier molecular flexibility index (Phi) is 6.14. The molecule has 6 nitrogen and oxygen atoms in total. The highest BCUT2D eigenvalue weighted by Crippen LogP contribution is 2.23. The van der Waals surface area contributed by atoms with Crippen molar-refractivity contribution in [2.75, 3.05) is 31.5 Å². The number of para-hydroxylation sites is 1. The minimum Gasteiger partial charge on any atom is -0.441 e. The maximum Gasteiger partial charge on any atom is 0.321 e. The van der Waals surface area contributed by atoms with Gasteiger partial charge in [-0.15, -0.1) is 0 Å². The van der Waals surface area contributed by atoms with Gasteiger partial charge in [0.15, 0.2) is 0 Å². The van der Waals surface area contributed by atoms with E-state index in [1.165, 1.54) is 0 Å². The molecular formula is C24H28N4O2. The quantitative estimate of drug-likeness (QED) is 0.677. The number of hydrogen-bond acceptors (Lipinski definition) is 4. The summed E-state index contributed by atoms with van der Waals surface area (Å²) in [5, 5.41) is 3.07. The molecule has 1 fully saturated rings. The number of amides is 2. The molecular weight excluding hydrogens is 376 g/mol. The van der Waals surface area contributed by atoms with Crippen molar-refractivity contribution < 1.29 is 9.21 Å². The highest BCUT2D eigenvalue weighted by Gasteiger charge is 2.23. The third kappa shape index (κ3) is 4.54. The van der Waals surface area contributed by atoms with Gasteiger partial charge in [-0.05, 0) is 37.1 Å². The smallest absolute Gasteiger partial charge is 0.321 e. The predicted octanol–water partition coefficient (Wildman–Crippen LogP) is 4.56. The molecule has 0 aliphatic carbocycles. The summed E-state index contributed by atoms with van der Waals surface area (Å²) in [6.45, 7) is 7.82. The van der Waals surface area contributed by atoms with E-state index < -0.39 is 0 Å². The number of carbonyl (C=O) groups excluding carboxylic acids is 1. The fourth-order valence-electron chi connectivity index (χ4n) is 3.74. The van der Waals surface area contributed by atoms with E-state index >= 15 is 0 Å². The van der Waals surface area contributed by atoms with Gasteiger partial charge < -0.3 is 14.6 Å². The lowest BCUT2D eigenvalue weighted by Crippen LogP contribution is -2.49. The van der Waals surface area contributed by atoms with Gasteiger partial charge in [-0.2, -0.15) is 0 Å². The zero-order valence-electron chi connectivity index (χ0n) is 17.6. The van der Waals surface area contributed by atoms with E-state index in [0.29, 0.717) is 19.0 Å². The van der Waals surface area contributed by atoms with E-state index in [9.17, 15) is 4.79 Å². The average molecular weight is 405 g/mol. The number of anilines is 1. The molecule has 1 N–H and O–H groups in total. The van der Waals surface area contributed by atoms with E-state index in [-0.39, 0.29) is 6.03 Å². The Morgan fingerprint density at radius 2 is 1.73 bits per heavy atom. The van der Waals surface area contributed by atoms with Crippen LogP contribution in [-0.4, -0.2) is 47.0 Å². The summed E-state index contributed by atoms with van der Waals surface area (Å²) < 4.78 is 5.88. The summed E-state index contributed by atoms with van der Waals surface area (Å²) in [5.41, 5.74) is 4.00. The Morgan fingerprint density at radius 3 is 2.47 bits per heavy atom. The van der Waals surface area contributed by atoms with Crippen LogP contribution in [0.4, 0.5) is 10.5 Å². The Hall–Kier alpha value is -3.12. The van der Waals surface area contributed by atoms with Gasteiger partial charge in [0.2, 0.25) is 5.89 Å². The molecule has 0 atom stereocenters. The van der Waals surface area contributed by atoms with E-state index in [1.54, 1.807) is 0 Å². The zero-order valence-corrected chi connectivity index (χ0v) is 17.6. The Balaban J connectivity index is 1.33. The van der Waals surface area contributed by atoms with Gasteiger partial charge in [0.1, 0.15) is 5.76 Å². The van der Waals surface area contributed by atoms with Crippen LogP contribution in [0, 0.1) is 6.92 Å². The molecule has 2 heterocycles. The van der Waals surface area contributed by atoms with Gasteiger partial charge in [-0.3, -0.25) is 4.90 Å². The fraction of sp³-hybridized carbons (Fsp3) is 0.333. The highest BCUT2D eigenvalue weighted by molar-refractivity contribution is 5.90. The number of nitrogens with zero attached hydrogens (tertiary/aromatic N) is 3. The number of aryl methyl sites for hydroxylation is 2. The van der Waals surface area contributed by atoms with Crippen LogP contribution in [-0.2, 0) is 13.0 Å². The van der Waals surface area contributed by atoms with E-state index in [4.69, 9.17) is 9.40 Å². The van der Waals surface area contributed by atoms with Crippen LogP contribution in [0.3, 0.4) is 0 Å². The number of oxazole rings is 1. The van der Waals surface area contributed by atoms with Crippen LogP contribution in [0.25, 0.3) is 11.5 Å². The van der Waals surface area contributed by atoms with Crippen molar-refractivity contribution in [3.05, 3.63) is 71.6 Å². The first-order valence-electron chi connectivity index (χ1n) is 10.5. The second-order valence-corrected chi connectivity index (χ2v) is 7.59. The van der Waals surface area contributed by atoms with Gasteiger partial charge >= 0.3 is 6.03 Å². The van der Waals surface area contributed by atoms with Crippen LogP contribution in [0.2, 0.25) is 0 Å². The minimum absolute atomic E-state index is 0.0282. The standard InChI is InChI=1S/C24H28N4O2/c1-3-19-9-7-8-12-21(19)26-24(29)28-15-13-27(14-16-28)17-22-18(2)30-23(25-22)20-10-5-4-6-11-20/h4-12H,3,13-17H2,1-2H3,(H,26,29). The monoisotopic (exact) mass is 404 g/mol. The van der Waals surface area contributed by atoms with Gasteiger partial charge in [-0.25, -0.2) is 9.78 Å². The summed E-state index contributed by atoms with van der Waals surface area (Å²) in [7, 11) is 0. The molecule has 0 saturated carbocycles. The zero-order chi connectivity index (χ0) is 20.9. The molecule has 1 aromatic heterocycles. The topological polar surface area (TPSA) is 61.6 Å². The molecule has 4 rings (SSSR count). The third-order valence-corrected chi connectivity index (χ3v) is 5.59. The van der Waals surface area contributed by atoms with Crippen molar-refractivity contribution in [1.82, 2.24) is 14.8 Å². The van der Waals surface area contributed by atoms with E-state index in [2.05, 4.69) is 23.2 Å². The molecule has 2 aromatic carbocycles. The minimum atomic E-state index is -0.0282. The van der Waals surface area contributed by atoms with Crippen molar-refractivity contribution in [2.24, 2.45) is 0 Å². The maximum atomic E-state index is 12.7. The number of carbonyl (C=O) groups is 1. The molecule has 0 spiro atoms. The Bertz CT molecular complexity index is 991. The largest absolute Gasteiger partial charge is 0.441 e. The summed E-state index contributed by atoms with van der Waals surface area (Å²) in [6, 6.07) is 17.9. The van der Waals surface area contributed by atoms with Crippen LogP contribution >= 0.6 is 0 Å². The molecule has 0 unspecified atom stereocenters. The number of urea groups is 1. The third-order valence-electron chi connectivity index (χ3n) is 5.59. The normalized spacial score (nSPS) is 14.7. The summed E-state index contributed by atoms with van der Waals surface area (Å²) in [5.74, 6) is 1.51. The molecule has 6 heteroatoms. The van der Waals surface area contributed by atoms with Gasteiger partial charge in [0, 0.05) is 44.0 Å². The lowest BCUT2D eigenvalue weighted by molar-refractivity contribution is 0.141. The highest BCUT2D eigenvalue weighted by atomic mass is 16.4. The van der Waals surface area contributed by atoms with Crippen molar-refractivity contribution in [3.63, 3.8) is 0 Å². The van der Waals surface area contributed by atoms with E-state index in [0.717, 1.165) is 54.3 Å². The van der Waals surface area contributed by atoms with Crippen LogP contribution in [0.15, 0.2) is 59.0 Å². The Labute approximate surface area is 177 Å². The van der Waals surface area contributed by atoms with Gasteiger partial charge in [0.05, 0.1) is 5.69 Å². The van der Waals surface area contributed by atoms with Crippen molar-refractivity contribution in [2.45, 2.75) is 26.8 Å². The number of rotatable bonds is 5. The first-order valence-corrected chi connectivity index (χ1v) is 10.5. The second kappa shape index (κ2) is 9.13. The first kappa shape index (κ1) is 20.2. The molecule has 156 valence electrons. The van der Waals surface area contributed by atoms with Crippen molar-refractivity contribution in [3.8, 4) is 11.5 Å². The van der Waals surface area contributed by atoms with Crippen LogP contribution < -0.4 is 5.32 Å². The molecule has 30 heavy (non-hydrogen) atoms. The lowest BCUT2D eigenvalue weighted by Gasteiger charge is -2.34. The number of nitrogens with one attached hydrogen (secondary N) is 1. The lowest BCUT2D eigenvalue weighted by atomic mass is 10.1. The molecule has 1 saturated heterocycles. The fourth-order valence-corrected chi connectivity index (χ4v) is 3.74. The molecule has 1 aliphatic heterocycles. The van der Waals surface area contributed by atoms with Crippen LogP contribution in [0.5, 0.6) is 0 Å². The SMILES string of the molecule is CCc1ccccc1NC(=O)N1CCN(Cc2nc(-c3ccccc3)oc2C)CC1. The van der Waals surface area contributed by atoms with Crippen molar-refractivity contribution in [1.29, 1.82) is 0 Å². The number of piperazine rings is 1. The molecule has 2 amide bonds. The van der Waals surface area contributed by atoms with Gasteiger partial charge in [-0.1, -0.05) is 43.3 Å². The number of hydrogen-bond donors (Lipinski definition) is 1. The first-order chi connectivity index (χ1) is 14.6. The molecule has 1 aliphatic rings. The van der Waals surface area contributed by atoms with Gasteiger partial charge in [0.25, 0.3) is 0 Å². The summed E-state index contributed by atoms with van der Waals surface area (Å²) >= 11 is 0. The average Bonchev–Trinajstić information content (AvgIpc) is 3.15. The second-order valence-electron chi connectivity index (χ2n) is 7.59. The predicted molar refractivity (Wildman–Crippen MR) is 118 cm³/mol. The van der Waals surface area contributed by atoms with Crippen LogP contribution in [0.1, 0.15) is 23.9 Å². The van der Waals surface area contributed by atoms with E-state index in [1.807, 2.05) is 60.4 Å². The maximum absolute atomic E-state index is 12.7. The molecule has 3 aromatic rings. The molecule has 0 bridgehead atoms. The number of benzene rings is 2. The number of aromatic nitrogens is 1. The summed E-state index contributed by atoms with van der Waals surface area (Å²) in [6.07, 6.45) is 0.895. The van der Waals surface area contributed by atoms with Crippen molar-refractivity contribution >= 4 is 11.7 Å². The molecule has 0 radical (unpaired) electrons.